The van der Waals surface area contributed by atoms with Gasteiger partial charge in [-0.3, -0.25) is 0 Å². The molecule has 0 aromatic heterocycles. The molecule has 2 heteroatoms. The Kier molecular flexibility index (Phi) is 2.96. The van der Waals surface area contributed by atoms with Gasteiger partial charge in [-0.15, -0.1) is 0 Å². The van der Waals surface area contributed by atoms with Gasteiger partial charge in [0.1, 0.15) is 5.75 Å². The van der Waals surface area contributed by atoms with Gasteiger partial charge in [-0.2, -0.15) is 0 Å². The first-order valence-electron chi connectivity index (χ1n) is 5.75. The zero-order valence-corrected chi connectivity index (χ0v) is 9.49. The monoisotopic (exact) mass is 205 g/mol. The average molecular weight is 205 g/mol. The second-order valence-electron chi connectivity index (χ2n) is 4.32. The van der Waals surface area contributed by atoms with Crippen LogP contribution < -0.4 is 10.5 Å². The molecule has 0 fully saturated rings. The Hall–Kier alpha value is -1.02. The van der Waals surface area contributed by atoms with Crippen LogP contribution in [0.5, 0.6) is 5.75 Å². The van der Waals surface area contributed by atoms with Gasteiger partial charge in [0.25, 0.3) is 0 Å². The van der Waals surface area contributed by atoms with Crippen molar-refractivity contribution in [2.75, 3.05) is 6.61 Å². The summed E-state index contributed by atoms with van der Waals surface area (Å²) in [7, 11) is 0. The topological polar surface area (TPSA) is 35.2 Å². The van der Waals surface area contributed by atoms with Gasteiger partial charge in [-0.25, -0.2) is 0 Å². The Morgan fingerprint density at radius 2 is 2.33 bits per heavy atom. The van der Waals surface area contributed by atoms with Crippen LogP contribution in [-0.4, -0.2) is 6.61 Å². The molecular formula is C13H19NO. The summed E-state index contributed by atoms with van der Waals surface area (Å²) >= 11 is 0. The van der Waals surface area contributed by atoms with Crippen molar-refractivity contribution in [1.82, 2.24) is 0 Å². The number of hydrogen-bond acceptors (Lipinski definition) is 2. The van der Waals surface area contributed by atoms with Crippen LogP contribution in [0, 0.1) is 0 Å². The normalized spacial score (nSPS) is 21.7. The lowest BCUT2D eigenvalue weighted by atomic mass is 9.91. The lowest BCUT2D eigenvalue weighted by molar-refractivity contribution is 0.264. The highest BCUT2D eigenvalue weighted by molar-refractivity contribution is 5.46. The summed E-state index contributed by atoms with van der Waals surface area (Å²) in [4.78, 5) is 0. The first-order chi connectivity index (χ1) is 7.24. The predicted molar refractivity (Wildman–Crippen MR) is 62.2 cm³/mol. The van der Waals surface area contributed by atoms with Crippen molar-refractivity contribution >= 4 is 0 Å². The lowest BCUT2D eigenvalue weighted by Crippen LogP contribution is -2.21. The average Bonchev–Trinajstić information content (AvgIpc) is 2.28. The van der Waals surface area contributed by atoms with Crippen LogP contribution in [0.25, 0.3) is 0 Å². The van der Waals surface area contributed by atoms with Gasteiger partial charge in [0, 0.05) is 18.0 Å². The third-order valence-electron chi connectivity index (χ3n) is 3.29. The molecule has 0 bridgehead atoms. The van der Waals surface area contributed by atoms with Gasteiger partial charge in [0.05, 0.1) is 6.61 Å². The molecular weight excluding hydrogens is 186 g/mol. The zero-order chi connectivity index (χ0) is 10.8. The summed E-state index contributed by atoms with van der Waals surface area (Å²) in [6, 6.07) is 6.49. The van der Waals surface area contributed by atoms with Crippen molar-refractivity contribution in [2.45, 2.75) is 38.6 Å². The number of benzene rings is 1. The van der Waals surface area contributed by atoms with Crippen LogP contribution in [0.2, 0.25) is 0 Å². The third-order valence-corrected chi connectivity index (χ3v) is 3.29. The fourth-order valence-electron chi connectivity index (χ4n) is 2.08. The minimum atomic E-state index is 0.151. The maximum Gasteiger partial charge on any atom is 0.127 e. The van der Waals surface area contributed by atoms with E-state index in [1.54, 1.807) is 0 Å². The summed E-state index contributed by atoms with van der Waals surface area (Å²) in [5.74, 6) is 1.59. The molecule has 2 nitrogen and oxygen atoms in total. The van der Waals surface area contributed by atoms with Gasteiger partial charge in [0.2, 0.25) is 0 Å². The number of nitrogens with two attached hydrogens (primary N) is 1. The van der Waals surface area contributed by atoms with Gasteiger partial charge >= 0.3 is 0 Å². The number of ether oxygens (including phenoxy) is 1. The van der Waals surface area contributed by atoms with Crippen molar-refractivity contribution < 1.29 is 4.74 Å². The number of hydrogen-bond donors (Lipinski definition) is 1. The zero-order valence-electron chi connectivity index (χ0n) is 9.49. The van der Waals surface area contributed by atoms with Crippen molar-refractivity contribution in [1.29, 1.82) is 0 Å². The molecule has 0 saturated carbocycles. The standard InChI is InChI=1S/C13H19NO/c1-3-9(2)10-5-4-6-11-12(14)7-8-15-13(10)11/h4-6,9,12H,3,7-8,14H2,1-2H3/t9?,12-/m0/s1. The molecule has 0 aliphatic carbocycles. The van der Waals surface area contributed by atoms with Crippen molar-refractivity contribution in [2.24, 2.45) is 5.73 Å². The van der Waals surface area contributed by atoms with Gasteiger partial charge in [-0.1, -0.05) is 32.0 Å². The molecule has 0 radical (unpaired) electrons. The molecule has 2 atom stereocenters. The van der Waals surface area contributed by atoms with Crippen LogP contribution in [0.15, 0.2) is 18.2 Å². The highest BCUT2D eigenvalue weighted by Crippen LogP contribution is 2.37. The lowest BCUT2D eigenvalue weighted by Gasteiger charge is -2.26. The Labute approximate surface area is 91.4 Å². The molecule has 1 aromatic rings. The SMILES string of the molecule is CCC(C)c1cccc2c1OCC[C@@H]2N. The third kappa shape index (κ3) is 1.86. The van der Waals surface area contributed by atoms with E-state index >= 15 is 0 Å². The molecule has 1 aliphatic rings. The van der Waals surface area contributed by atoms with Crippen LogP contribution in [0.4, 0.5) is 0 Å². The fourth-order valence-corrected chi connectivity index (χ4v) is 2.08. The maximum absolute atomic E-state index is 6.08. The van der Waals surface area contributed by atoms with Crippen LogP contribution in [-0.2, 0) is 0 Å². The number of fused-ring (bicyclic) bond motifs is 1. The van der Waals surface area contributed by atoms with E-state index in [9.17, 15) is 0 Å². The Bertz CT molecular complexity index is 348. The van der Waals surface area contributed by atoms with Crippen LogP contribution >= 0.6 is 0 Å². The molecule has 1 aliphatic heterocycles. The first-order valence-corrected chi connectivity index (χ1v) is 5.75. The minimum Gasteiger partial charge on any atom is -0.493 e. The van der Waals surface area contributed by atoms with E-state index in [1.807, 2.05) is 0 Å². The van der Waals surface area contributed by atoms with Gasteiger partial charge in [-0.05, 0) is 17.9 Å². The maximum atomic E-state index is 6.08. The van der Waals surface area contributed by atoms with E-state index in [1.165, 1.54) is 11.1 Å². The predicted octanol–water partition coefficient (Wildman–Crippen LogP) is 2.98. The summed E-state index contributed by atoms with van der Waals surface area (Å²) in [5.41, 5.74) is 8.57. The molecule has 82 valence electrons. The number of para-hydroxylation sites is 1. The summed E-state index contributed by atoms with van der Waals surface area (Å²) in [5, 5.41) is 0. The second-order valence-corrected chi connectivity index (χ2v) is 4.32. The van der Waals surface area contributed by atoms with Gasteiger partial charge in [0.15, 0.2) is 0 Å². The van der Waals surface area contributed by atoms with E-state index in [4.69, 9.17) is 10.5 Å². The highest BCUT2D eigenvalue weighted by Gasteiger charge is 2.22. The molecule has 2 rings (SSSR count). The van der Waals surface area contributed by atoms with E-state index in [0.29, 0.717) is 5.92 Å². The molecule has 0 saturated heterocycles. The molecule has 2 N–H and O–H groups in total. The highest BCUT2D eigenvalue weighted by atomic mass is 16.5. The van der Waals surface area contributed by atoms with Crippen LogP contribution in [0.1, 0.15) is 49.8 Å². The Morgan fingerprint density at radius 1 is 1.53 bits per heavy atom. The summed E-state index contributed by atoms with van der Waals surface area (Å²) in [6.45, 7) is 5.19. The molecule has 1 heterocycles. The molecule has 0 spiro atoms. The van der Waals surface area contributed by atoms with Gasteiger partial charge < -0.3 is 10.5 Å². The quantitative estimate of drug-likeness (QED) is 0.805. The van der Waals surface area contributed by atoms with E-state index < -0.39 is 0 Å². The summed E-state index contributed by atoms with van der Waals surface area (Å²) in [6.07, 6.45) is 2.06. The molecule has 0 amide bonds. The second kappa shape index (κ2) is 4.23. The Morgan fingerprint density at radius 3 is 3.07 bits per heavy atom. The largest absolute Gasteiger partial charge is 0.493 e. The minimum absolute atomic E-state index is 0.151. The smallest absolute Gasteiger partial charge is 0.127 e. The number of rotatable bonds is 2. The van der Waals surface area contributed by atoms with E-state index in [0.717, 1.165) is 25.2 Å². The van der Waals surface area contributed by atoms with Crippen molar-refractivity contribution in [3.63, 3.8) is 0 Å². The summed E-state index contributed by atoms with van der Waals surface area (Å²) < 4.78 is 5.77. The van der Waals surface area contributed by atoms with E-state index in [2.05, 4.69) is 32.0 Å². The van der Waals surface area contributed by atoms with Crippen LogP contribution in [0.3, 0.4) is 0 Å². The Balaban J connectivity index is 2.44. The molecule has 15 heavy (non-hydrogen) atoms. The fraction of sp³-hybridized carbons (Fsp3) is 0.538. The first kappa shape index (κ1) is 10.5. The molecule has 1 unspecified atom stereocenters. The van der Waals surface area contributed by atoms with Crippen molar-refractivity contribution in [3.8, 4) is 5.75 Å². The molecule has 1 aromatic carbocycles. The van der Waals surface area contributed by atoms with Crippen molar-refractivity contribution in [3.05, 3.63) is 29.3 Å². The van der Waals surface area contributed by atoms with E-state index in [-0.39, 0.29) is 6.04 Å².